The van der Waals surface area contributed by atoms with E-state index < -0.39 is 6.09 Å². The summed E-state index contributed by atoms with van der Waals surface area (Å²) in [7, 11) is 0. The fraction of sp³-hybridized carbons (Fsp3) is 0.714. The van der Waals surface area contributed by atoms with E-state index in [9.17, 15) is 9.59 Å². The van der Waals surface area contributed by atoms with Gasteiger partial charge in [-0.25, -0.2) is 9.48 Å². The summed E-state index contributed by atoms with van der Waals surface area (Å²) in [6.07, 6.45) is 1.78. The summed E-state index contributed by atoms with van der Waals surface area (Å²) in [6, 6.07) is 0. The summed E-state index contributed by atoms with van der Waals surface area (Å²) in [4.78, 5) is 25.3. The summed E-state index contributed by atoms with van der Waals surface area (Å²) >= 11 is 0. The second kappa shape index (κ2) is 10.5. The molecule has 0 spiro atoms. The predicted molar refractivity (Wildman–Crippen MR) is 86.1 cm³/mol. The van der Waals surface area contributed by atoms with Crippen molar-refractivity contribution >= 4 is 17.8 Å². The SMILES string of the molecule is CCOC(=O)Nc1cn(CC(=O)NCCCN(CC)CC)nn1. The van der Waals surface area contributed by atoms with Gasteiger partial charge in [0.05, 0.1) is 12.8 Å². The first-order chi connectivity index (χ1) is 11.1. The quantitative estimate of drug-likeness (QED) is 0.614. The van der Waals surface area contributed by atoms with E-state index in [4.69, 9.17) is 4.74 Å². The summed E-state index contributed by atoms with van der Waals surface area (Å²) in [5.74, 6) is 0.106. The molecule has 0 saturated heterocycles. The van der Waals surface area contributed by atoms with Crippen LogP contribution in [-0.2, 0) is 16.1 Å². The zero-order valence-corrected chi connectivity index (χ0v) is 14.0. The molecule has 2 amide bonds. The van der Waals surface area contributed by atoms with Gasteiger partial charge < -0.3 is 15.0 Å². The monoisotopic (exact) mass is 326 g/mol. The maximum atomic E-state index is 11.8. The number of aromatic nitrogens is 3. The Hall–Kier alpha value is -2.16. The first kappa shape index (κ1) is 18.9. The zero-order valence-electron chi connectivity index (χ0n) is 14.0. The van der Waals surface area contributed by atoms with Gasteiger partial charge in [-0.05, 0) is 33.0 Å². The molecule has 130 valence electrons. The molecule has 0 unspecified atom stereocenters. The maximum Gasteiger partial charge on any atom is 0.412 e. The molecule has 0 saturated carbocycles. The molecule has 0 aliphatic carbocycles. The highest BCUT2D eigenvalue weighted by atomic mass is 16.5. The number of carbonyl (C=O) groups excluding carboxylic acids is 2. The fourth-order valence-corrected chi connectivity index (χ4v) is 1.98. The highest BCUT2D eigenvalue weighted by Crippen LogP contribution is 2.00. The Labute approximate surface area is 136 Å². The Bertz CT molecular complexity index is 487. The zero-order chi connectivity index (χ0) is 17.1. The largest absolute Gasteiger partial charge is 0.450 e. The second-order valence-electron chi connectivity index (χ2n) is 4.88. The topological polar surface area (TPSA) is 101 Å². The third kappa shape index (κ3) is 7.59. The third-order valence-corrected chi connectivity index (χ3v) is 3.22. The predicted octanol–water partition coefficient (Wildman–Crippen LogP) is 0.695. The van der Waals surface area contributed by atoms with Gasteiger partial charge in [0, 0.05) is 6.54 Å². The number of carbonyl (C=O) groups is 2. The van der Waals surface area contributed by atoms with Crippen LogP contribution in [0.15, 0.2) is 6.20 Å². The molecule has 1 aromatic heterocycles. The summed E-state index contributed by atoms with van der Waals surface area (Å²) in [6.45, 7) is 9.89. The van der Waals surface area contributed by atoms with E-state index in [0.717, 1.165) is 26.1 Å². The Morgan fingerprint density at radius 3 is 2.70 bits per heavy atom. The van der Waals surface area contributed by atoms with Crippen molar-refractivity contribution in [3.63, 3.8) is 0 Å². The Morgan fingerprint density at radius 2 is 2.04 bits per heavy atom. The highest BCUT2D eigenvalue weighted by Gasteiger charge is 2.08. The molecule has 0 radical (unpaired) electrons. The molecular formula is C14H26N6O3. The standard InChI is InChI=1S/C14H26N6O3/c1-4-19(5-2)9-7-8-15-13(21)11-20-10-12(17-18-20)16-14(22)23-6-3/h10H,4-9,11H2,1-3H3,(H,15,21)(H,16,22). The third-order valence-electron chi connectivity index (χ3n) is 3.22. The number of rotatable bonds is 10. The fourth-order valence-electron chi connectivity index (χ4n) is 1.98. The molecule has 0 aliphatic rings. The van der Waals surface area contributed by atoms with Crippen molar-refractivity contribution in [3.8, 4) is 0 Å². The lowest BCUT2D eigenvalue weighted by Gasteiger charge is -2.17. The number of ether oxygens (including phenoxy) is 1. The van der Waals surface area contributed by atoms with Gasteiger partial charge in [-0.2, -0.15) is 0 Å². The molecule has 9 nitrogen and oxygen atoms in total. The maximum absolute atomic E-state index is 11.8. The van der Waals surface area contributed by atoms with Gasteiger partial charge in [0.2, 0.25) is 5.91 Å². The normalized spacial score (nSPS) is 10.6. The molecule has 0 aliphatic heterocycles. The van der Waals surface area contributed by atoms with E-state index in [0.29, 0.717) is 6.54 Å². The molecule has 1 aromatic rings. The van der Waals surface area contributed by atoms with Crippen LogP contribution < -0.4 is 10.6 Å². The van der Waals surface area contributed by atoms with E-state index in [1.165, 1.54) is 10.9 Å². The van der Waals surface area contributed by atoms with E-state index in [-0.39, 0.29) is 24.9 Å². The molecule has 0 fully saturated rings. The molecule has 1 rings (SSSR count). The molecule has 23 heavy (non-hydrogen) atoms. The minimum Gasteiger partial charge on any atom is -0.450 e. The second-order valence-corrected chi connectivity index (χ2v) is 4.88. The van der Waals surface area contributed by atoms with Crippen LogP contribution >= 0.6 is 0 Å². The van der Waals surface area contributed by atoms with Crippen LogP contribution in [0.25, 0.3) is 0 Å². The van der Waals surface area contributed by atoms with Crippen molar-refractivity contribution in [1.82, 2.24) is 25.2 Å². The molecular weight excluding hydrogens is 300 g/mol. The number of nitrogens with one attached hydrogen (secondary N) is 2. The van der Waals surface area contributed by atoms with Crippen molar-refractivity contribution in [3.05, 3.63) is 6.20 Å². The van der Waals surface area contributed by atoms with Crippen LogP contribution in [0.4, 0.5) is 10.6 Å². The van der Waals surface area contributed by atoms with E-state index in [1.807, 2.05) is 0 Å². The summed E-state index contributed by atoms with van der Waals surface area (Å²) in [5.41, 5.74) is 0. The number of nitrogens with zero attached hydrogens (tertiary/aromatic N) is 4. The first-order valence-corrected chi connectivity index (χ1v) is 7.91. The average Bonchev–Trinajstić information content (AvgIpc) is 2.94. The lowest BCUT2D eigenvalue weighted by Crippen LogP contribution is -2.31. The van der Waals surface area contributed by atoms with E-state index >= 15 is 0 Å². The van der Waals surface area contributed by atoms with Crippen molar-refractivity contribution in [2.45, 2.75) is 33.7 Å². The summed E-state index contributed by atoms with van der Waals surface area (Å²) in [5, 5.41) is 12.8. The van der Waals surface area contributed by atoms with Gasteiger partial charge in [-0.1, -0.05) is 19.1 Å². The molecule has 1 heterocycles. The van der Waals surface area contributed by atoms with Crippen molar-refractivity contribution < 1.29 is 14.3 Å². The molecule has 0 aromatic carbocycles. The Morgan fingerprint density at radius 1 is 1.30 bits per heavy atom. The van der Waals surface area contributed by atoms with Gasteiger partial charge in [-0.3, -0.25) is 10.1 Å². The highest BCUT2D eigenvalue weighted by molar-refractivity contribution is 5.83. The van der Waals surface area contributed by atoms with Crippen LogP contribution in [-0.4, -0.2) is 64.7 Å². The van der Waals surface area contributed by atoms with Gasteiger partial charge in [0.15, 0.2) is 5.82 Å². The first-order valence-electron chi connectivity index (χ1n) is 7.91. The van der Waals surface area contributed by atoms with E-state index in [1.54, 1.807) is 6.92 Å². The van der Waals surface area contributed by atoms with Crippen LogP contribution in [0.3, 0.4) is 0 Å². The number of anilines is 1. The number of hydrogen-bond donors (Lipinski definition) is 2. The van der Waals surface area contributed by atoms with Crippen LogP contribution in [0.1, 0.15) is 27.2 Å². The summed E-state index contributed by atoms with van der Waals surface area (Å²) < 4.78 is 6.09. The van der Waals surface area contributed by atoms with Crippen LogP contribution in [0.5, 0.6) is 0 Å². The van der Waals surface area contributed by atoms with Crippen LogP contribution in [0, 0.1) is 0 Å². The average molecular weight is 326 g/mol. The minimum absolute atomic E-state index is 0.0583. The lowest BCUT2D eigenvalue weighted by molar-refractivity contribution is -0.121. The van der Waals surface area contributed by atoms with Gasteiger partial charge in [-0.15, -0.1) is 5.10 Å². The lowest BCUT2D eigenvalue weighted by atomic mass is 10.3. The number of amides is 2. The smallest absolute Gasteiger partial charge is 0.412 e. The Balaban J connectivity index is 2.26. The number of hydrogen-bond acceptors (Lipinski definition) is 6. The molecule has 2 N–H and O–H groups in total. The van der Waals surface area contributed by atoms with Crippen molar-refractivity contribution in [2.75, 3.05) is 38.1 Å². The molecule has 9 heteroatoms. The van der Waals surface area contributed by atoms with E-state index in [2.05, 4.69) is 39.7 Å². The molecule has 0 bridgehead atoms. The van der Waals surface area contributed by atoms with Gasteiger partial charge in [0.25, 0.3) is 0 Å². The Kier molecular flexibility index (Phi) is 8.66. The molecule has 0 atom stereocenters. The van der Waals surface area contributed by atoms with Crippen molar-refractivity contribution in [2.24, 2.45) is 0 Å². The van der Waals surface area contributed by atoms with Gasteiger partial charge >= 0.3 is 6.09 Å². The minimum atomic E-state index is -0.597. The van der Waals surface area contributed by atoms with Crippen molar-refractivity contribution in [1.29, 1.82) is 0 Å². The van der Waals surface area contributed by atoms with Gasteiger partial charge in [0.1, 0.15) is 6.54 Å². The van der Waals surface area contributed by atoms with Crippen LogP contribution in [0.2, 0.25) is 0 Å².